The molecule has 0 atom stereocenters. The Morgan fingerprint density at radius 1 is 1.12 bits per heavy atom. The first-order valence-corrected chi connectivity index (χ1v) is 9.94. The molecule has 1 nitrogen and oxygen atoms in total. The summed E-state index contributed by atoms with van der Waals surface area (Å²) in [6, 6.07) is 14.9. The normalized spacial score (nSPS) is 11.4. The molecular weight excluding hydrogens is 344 g/mol. The van der Waals surface area contributed by atoms with Gasteiger partial charge in [-0.05, 0) is 66.5 Å². The maximum absolute atomic E-state index is 6.06. The molecule has 0 fully saturated rings. The molecular formula is C22H26OS2. The molecule has 2 aromatic rings. The summed E-state index contributed by atoms with van der Waals surface area (Å²) >= 11 is 6.90. The van der Waals surface area contributed by atoms with Crippen LogP contribution < -0.4 is 4.74 Å². The average molecular weight is 371 g/mol. The molecule has 0 aliphatic heterocycles. The van der Waals surface area contributed by atoms with Crippen molar-refractivity contribution in [2.75, 3.05) is 0 Å². The number of hydrogen-bond donors (Lipinski definition) is 0. The molecule has 0 saturated heterocycles. The minimum Gasteiger partial charge on any atom is -0.489 e. The molecule has 0 radical (unpaired) electrons. The van der Waals surface area contributed by atoms with E-state index in [1.165, 1.54) is 27.2 Å². The Morgan fingerprint density at radius 2 is 1.84 bits per heavy atom. The predicted octanol–water partition coefficient (Wildman–Crippen LogP) is 6.97. The second-order valence-corrected chi connectivity index (χ2v) is 8.26. The van der Waals surface area contributed by atoms with E-state index in [1.807, 2.05) is 6.92 Å². The second kappa shape index (κ2) is 9.79. The summed E-state index contributed by atoms with van der Waals surface area (Å²) < 4.78 is 7.02. The van der Waals surface area contributed by atoms with E-state index >= 15 is 0 Å². The predicted molar refractivity (Wildman–Crippen MR) is 115 cm³/mol. The number of thioether (sulfide) groups is 1. The summed E-state index contributed by atoms with van der Waals surface area (Å²) in [5.74, 6) is 0.969. The van der Waals surface area contributed by atoms with Gasteiger partial charge in [0.25, 0.3) is 0 Å². The molecule has 0 amide bonds. The van der Waals surface area contributed by atoms with Gasteiger partial charge < -0.3 is 4.74 Å². The maximum Gasteiger partial charge on any atom is 0.123 e. The van der Waals surface area contributed by atoms with Gasteiger partial charge >= 0.3 is 0 Å². The van der Waals surface area contributed by atoms with Gasteiger partial charge in [-0.3, -0.25) is 0 Å². The molecule has 2 aromatic carbocycles. The lowest BCUT2D eigenvalue weighted by molar-refractivity contribution is 0.303. The van der Waals surface area contributed by atoms with Crippen molar-refractivity contribution in [2.24, 2.45) is 0 Å². The van der Waals surface area contributed by atoms with Crippen LogP contribution >= 0.6 is 24.0 Å². The smallest absolute Gasteiger partial charge is 0.123 e. The number of rotatable bonds is 7. The zero-order valence-corrected chi connectivity index (χ0v) is 17.1. The molecule has 0 heterocycles. The lowest BCUT2D eigenvalue weighted by Crippen LogP contribution is -1.98. The fraction of sp³-hybridized carbons (Fsp3) is 0.318. The molecule has 2 rings (SSSR count). The minimum absolute atomic E-state index is 0.600. The number of ether oxygens (including phenoxy) is 1. The summed E-state index contributed by atoms with van der Waals surface area (Å²) in [6.45, 7) is 9.00. The standard InChI is InChI=1S/C22H26OS2/c1-5-20-13-19(14-21(6-2)25-17(4)24)11-12-22(20)23-15-18-9-7-16(3)8-10-18/h7-14H,5-6,15H2,1-4H3/b21-14-. The van der Waals surface area contributed by atoms with E-state index in [2.05, 4.69) is 69.3 Å². The molecule has 0 unspecified atom stereocenters. The Hall–Kier alpha value is -1.58. The SMILES string of the molecule is CC/C(=C/c1ccc(OCc2ccc(C)cc2)c(CC)c1)SC(C)=S. The van der Waals surface area contributed by atoms with E-state index in [-0.39, 0.29) is 0 Å². The van der Waals surface area contributed by atoms with E-state index in [9.17, 15) is 0 Å². The summed E-state index contributed by atoms with van der Waals surface area (Å²) in [5, 5.41) is 0. The van der Waals surface area contributed by atoms with Crippen LogP contribution in [0.2, 0.25) is 0 Å². The first kappa shape index (κ1) is 19.7. The Balaban J connectivity index is 2.14. The van der Waals surface area contributed by atoms with Crippen molar-refractivity contribution < 1.29 is 4.74 Å². The van der Waals surface area contributed by atoms with Gasteiger partial charge in [-0.15, -0.1) is 0 Å². The van der Waals surface area contributed by atoms with Crippen molar-refractivity contribution in [3.63, 3.8) is 0 Å². The van der Waals surface area contributed by atoms with Crippen LogP contribution in [0.25, 0.3) is 6.08 Å². The highest BCUT2D eigenvalue weighted by Gasteiger charge is 2.05. The molecule has 25 heavy (non-hydrogen) atoms. The second-order valence-electron chi connectivity index (χ2n) is 6.05. The fourth-order valence-electron chi connectivity index (χ4n) is 2.53. The summed E-state index contributed by atoms with van der Waals surface area (Å²) in [4.78, 5) is 1.29. The van der Waals surface area contributed by atoms with Crippen molar-refractivity contribution in [1.29, 1.82) is 0 Å². The largest absolute Gasteiger partial charge is 0.489 e. The number of benzene rings is 2. The molecule has 0 aromatic heterocycles. The first-order valence-electron chi connectivity index (χ1n) is 8.72. The van der Waals surface area contributed by atoms with Crippen LogP contribution in [-0.4, -0.2) is 4.20 Å². The van der Waals surface area contributed by atoms with Crippen LogP contribution in [0.1, 0.15) is 49.4 Å². The third kappa shape index (κ3) is 6.33. The lowest BCUT2D eigenvalue weighted by atomic mass is 10.1. The van der Waals surface area contributed by atoms with Gasteiger partial charge in [0.05, 0.1) is 0 Å². The highest BCUT2D eigenvalue weighted by atomic mass is 32.2. The Kier molecular flexibility index (Phi) is 7.73. The van der Waals surface area contributed by atoms with Crippen LogP contribution in [0.5, 0.6) is 5.75 Å². The Morgan fingerprint density at radius 3 is 2.44 bits per heavy atom. The number of hydrogen-bond acceptors (Lipinski definition) is 3. The van der Waals surface area contributed by atoms with Crippen LogP contribution in [-0.2, 0) is 13.0 Å². The molecule has 0 aliphatic rings. The topological polar surface area (TPSA) is 9.23 Å². The third-order valence-corrected chi connectivity index (χ3v) is 5.14. The summed E-state index contributed by atoms with van der Waals surface area (Å²) in [6.07, 6.45) is 4.17. The highest BCUT2D eigenvalue weighted by molar-refractivity contribution is 8.25. The fourth-order valence-corrected chi connectivity index (χ4v) is 3.56. The van der Waals surface area contributed by atoms with E-state index in [0.29, 0.717) is 6.61 Å². The molecule has 0 saturated carbocycles. The first-order chi connectivity index (χ1) is 12.0. The van der Waals surface area contributed by atoms with Gasteiger partial charge in [-0.2, -0.15) is 0 Å². The van der Waals surface area contributed by atoms with Crippen LogP contribution in [0, 0.1) is 6.92 Å². The van der Waals surface area contributed by atoms with Crippen LogP contribution in [0.15, 0.2) is 47.4 Å². The molecule has 0 N–H and O–H groups in total. The average Bonchev–Trinajstić information content (AvgIpc) is 2.60. The molecule has 132 valence electrons. The maximum atomic E-state index is 6.06. The van der Waals surface area contributed by atoms with Gasteiger partial charge in [-0.1, -0.05) is 73.7 Å². The quantitative estimate of drug-likeness (QED) is 0.487. The summed E-state index contributed by atoms with van der Waals surface area (Å²) in [7, 11) is 0. The van der Waals surface area contributed by atoms with Gasteiger partial charge in [0.15, 0.2) is 0 Å². The van der Waals surface area contributed by atoms with Crippen molar-refractivity contribution in [1.82, 2.24) is 0 Å². The van der Waals surface area contributed by atoms with Gasteiger partial charge in [0, 0.05) is 4.20 Å². The number of allylic oxidation sites excluding steroid dienone is 1. The summed E-state index contributed by atoms with van der Waals surface area (Å²) in [5.41, 5.74) is 4.91. The Labute approximate surface area is 161 Å². The third-order valence-electron chi connectivity index (χ3n) is 3.93. The van der Waals surface area contributed by atoms with Gasteiger partial charge in [-0.25, -0.2) is 0 Å². The monoisotopic (exact) mass is 370 g/mol. The van der Waals surface area contributed by atoms with Crippen molar-refractivity contribution in [3.05, 3.63) is 69.6 Å². The van der Waals surface area contributed by atoms with Crippen LogP contribution in [0.3, 0.4) is 0 Å². The van der Waals surface area contributed by atoms with Crippen molar-refractivity contribution >= 4 is 34.3 Å². The number of aryl methyl sites for hydroxylation is 2. The highest BCUT2D eigenvalue weighted by Crippen LogP contribution is 2.27. The zero-order valence-electron chi connectivity index (χ0n) is 15.5. The van der Waals surface area contributed by atoms with E-state index in [4.69, 9.17) is 17.0 Å². The molecule has 0 bridgehead atoms. The van der Waals surface area contributed by atoms with E-state index < -0.39 is 0 Å². The van der Waals surface area contributed by atoms with E-state index in [1.54, 1.807) is 11.8 Å². The van der Waals surface area contributed by atoms with Crippen molar-refractivity contribution in [3.8, 4) is 5.75 Å². The molecule has 0 aliphatic carbocycles. The molecule has 3 heteroatoms. The number of thiocarbonyl (C=S) groups is 1. The van der Waals surface area contributed by atoms with E-state index in [0.717, 1.165) is 22.8 Å². The Bertz CT molecular complexity index is 745. The lowest BCUT2D eigenvalue weighted by Gasteiger charge is -2.12. The minimum atomic E-state index is 0.600. The van der Waals surface area contributed by atoms with Crippen molar-refractivity contribution in [2.45, 2.75) is 47.1 Å². The van der Waals surface area contributed by atoms with Crippen LogP contribution in [0.4, 0.5) is 0 Å². The van der Waals surface area contributed by atoms with Gasteiger partial charge in [0.1, 0.15) is 12.4 Å². The molecule has 0 spiro atoms. The van der Waals surface area contributed by atoms with Gasteiger partial charge in [0.2, 0.25) is 0 Å². The zero-order chi connectivity index (χ0) is 18.2.